The largest absolute Gasteiger partial charge is 0.391 e. The lowest BCUT2D eigenvalue weighted by atomic mass is 10.1. The van der Waals surface area contributed by atoms with Gasteiger partial charge in [-0.25, -0.2) is 0 Å². The summed E-state index contributed by atoms with van der Waals surface area (Å²) in [6, 6.07) is 5.77. The van der Waals surface area contributed by atoms with E-state index < -0.39 is 0 Å². The zero-order valence-electron chi connectivity index (χ0n) is 13.0. The summed E-state index contributed by atoms with van der Waals surface area (Å²) in [7, 11) is 0. The lowest BCUT2D eigenvalue weighted by Crippen LogP contribution is -2.53. The Hall–Kier alpha value is -1.10. The van der Waals surface area contributed by atoms with E-state index in [0.29, 0.717) is 23.7 Å². The number of benzene rings is 1. The van der Waals surface area contributed by atoms with Crippen LogP contribution in [0.15, 0.2) is 18.2 Å². The molecule has 2 atom stereocenters. The minimum Gasteiger partial charge on any atom is -0.391 e. The molecule has 4 nitrogen and oxygen atoms in total. The first kappa shape index (κ1) is 15.8. The maximum atomic E-state index is 12.6. The van der Waals surface area contributed by atoms with Crippen LogP contribution in [0.4, 0.5) is 0 Å². The molecule has 0 spiro atoms. The minimum absolute atomic E-state index is 0.0496. The van der Waals surface area contributed by atoms with Crippen molar-refractivity contribution in [3.05, 3.63) is 34.3 Å². The molecule has 22 heavy (non-hydrogen) atoms. The van der Waals surface area contributed by atoms with E-state index in [9.17, 15) is 9.90 Å². The predicted octanol–water partition coefficient (Wildman–Crippen LogP) is 2.32. The summed E-state index contributed by atoms with van der Waals surface area (Å²) >= 11 is 6.12. The van der Waals surface area contributed by atoms with Crippen LogP contribution in [0, 0.1) is 6.92 Å². The van der Waals surface area contributed by atoms with E-state index in [1.807, 2.05) is 24.0 Å². The second-order valence-electron chi connectivity index (χ2n) is 6.36. The van der Waals surface area contributed by atoms with Gasteiger partial charge in [-0.05, 0) is 43.9 Å². The van der Waals surface area contributed by atoms with Crippen LogP contribution in [0.3, 0.4) is 0 Å². The topological polar surface area (TPSA) is 43.8 Å². The molecule has 1 aliphatic heterocycles. The van der Waals surface area contributed by atoms with Gasteiger partial charge < -0.3 is 10.0 Å². The number of carbonyl (C=O) groups is 1. The molecule has 1 saturated carbocycles. The van der Waals surface area contributed by atoms with Crippen molar-refractivity contribution in [2.24, 2.45) is 0 Å². The van der Waals surface area contributed by atoms with Crippen molar-refractivity contribution in [2.45, 2.75) is 38.3 Å². The van der Waals surface area contributed by atoms with Gasteiger partial charge in [-0.1, -0.05) is 17.7 Å². The van der Waals surface area contributed by atoms with Gasteiger partial charge in [-0.3, -0.25) is 9.69 Å². The van der Waals surface area contributed by atoms with Crippen molar-refractivity contribution in [2.75, 3.05) is 26.2 Å². The monoisotopic (exact) mass is 322 g/mol. The summed E-state index contributed by atoms with van der Waals surface area (Å²) < 4.78 is 0. The molecule has 2 aliphatic rings. The van der Waals surface area contributed by atoms with Crippen LogP contribution in [-0.4, -0.2) is 59.1 Å². The quantitative estimate of drug-likeness (QED) is 0.908. The summed E-state index contributed by atoms with van der Waals surface area (Å²) in [4.78, 5) is 16.8. The second-order valence-corrected chi connectivity index (χ2v) is 6.76. The van der Waals surface area contributed by atoms with Crippen molar-refractivity contribution >= 4 is 17.5 Å². The molecule has 3 rings (SSSR count). The molecule has 1 amide bonds. The summed E-state index contributed by atoms with van der Waals surface area (Å²) in [6.07, 6.45) is 2.89. The molecule has 1 aliphatic carbocycles. The normalized spacial score (nSPS) is 26.4. The fraction of sp³-hybridized carbons (Fsp3) is 0.588. The Morgan fingerprint density at radius 3 is 2.55 bits per heavy atom. The third-order valence-corrected chi connectivity index (χ3v) is 5.34. The molecule has 1 saturated heterocycles. The molecule has 5 heteroatoms. The van der Waals surface area contributed by atoms with E-state index in [4.69, 9.17) is 11.6 Å². The fourth-order valence-electron chi connectivity index (χ4n) is 3.51. The van der Waals surface area contributed by atoms with Gasteiger partial charge in [-0.15, -0.1) is 0 Å². The summed E-state index contributed by atoms with van der Waals surface area (Å²) in [5, 5.41) is 10.7. The first-order valence-corrected chi connectivity index (χ1v) is 8.41. The van der Waals surface area contributed by atoms with Crippen LogP contribution in [0.5, 0.6) is 0 Å². The predicted molar refractivity (Wildman–Crippen MR) is 87.3 cm³/mol. The number of nitrogens with zero attached hydrogens (tertiary/aromatic N) is 2. The molecule has 0 radical (unpaired) electrons. The van der Waals surface area contributed by atoms with Gasteiger partial charge in [0.25, 0.3) is 5.91 Å². The Balaban J connectivity index is 1.61. The third-order valence-electron chi connectivity index (χ3n) is 4.93. The molecule has 120 valence electrons. The van der Waals surface area contributed by atoms with E-state index in [2.05, 4.69) is 4.90 Å². The number of aliphatic hydroxyl groups excluding tert-OH is 1. The number of hydrogen-bond donors (Lipinski definition) is 1. The van der Waals surface area contributed by atoms with E-state index >= 15 is 0 Å². The van der Waals surface area contributed by atoms with Crippen molar-refractivity contribution in [1.29, 1.82) is 0 Å². The standard InChI is InChI=1S/C17H23ClN2O2/c1-12-5-6-13(11-14(12)18)17(22)20-9-7-19(8-10-20)15-3-2-4-16(15)21/h5-6,11,15-16,21H,2-4,7-10H2,1H3/t15-,16-/m0/s1. The number of carbonyl (C=O) groups excluding carboxylic acids is 1. The van der Waals surface area contributed by atoms with Gasteiger partial charge in [-0.2, -0.15) is 0 Å². The maximum Gasteiger partial charge on any atom is 0.253 e. The number of rotatable bonds is 2. The van der Waals surface area contributed by atoms with E-state index in [1.165, 1.54) is 0 Å². The molecule has 0 bridgehead atoms. The Bertz CT molecular complexity index is 556. The Kier molecular flexibility index (Phi) is 4.71. The summed E-state index contributed by atoms with van der Waals surface area (Å²) in [6.45, 7) is 5.05. The van der Waals surface area contributed by atoms with Crippen LogP contribution in [0.2, 0.25) is 5.02 Å². The fourth-order valence-corrected chi connectivity index (χ4v) is 3.69. The Morgan fingerprint density at radius 2 is 1.95 bits per heavy atom. The average molecular weight is 323 g/mol. The molecule has 0 aromatic heterocycles. The van der Waals surface area contributed by atoms with Crippen LogP contribution in [0.1, 0.15) is 35.2 Å². The van der Waals surface area contributed by atoms with Crippen molar-refractivity contribution in [3.8, 4) is 0 Å². The molecule has 2 fully saturated rings. The van der Waals surface area contributed by atoms with Crippen molar-refractivity contribution in [1.82, 2.24) is 9.80 Å². The van der Waals surface area contributed by atoms with Gasteiger partial charge in [0.15, 0.2) is 0 Å². The molecule has 1 N–H and O–H groups in total. The smallest absolute Gasteiger partial charge is 0.253 e. The van der Waals surface area contributed by atoms with Crippen LogP contribution in [0.25, 0.3) is 0 Å². The van der Waals surface area contributed by atoms with Crippen molar-refractivity contribution in [3.63, 3.8) is 0 Å². The first-order chi connectivity index (χ1) is 10.6. The molecule has 0 unspecified atom stereocenters. The van der Waals surface area contributed by atoms with E-state index in [-0.39, 0.29) is 18.1 Å². The highest BCUT2D eigenvalue weighted by Gasteiger charge is 2.33. The number of piperazine rings is 1. The molecular formula is C17H23ClN2O2. The highest BCUT2D eigenvalue weighted by atomic mass is 35.5. The number of amides is 1. The average Bonchev–Trinajstić information content (AvgIpc) is 2.95. The summed E-state index contributed by atoms with van der Waals surface area (Å²) in [5.41, 5.74) is 1.64. The van der Waals surface area contributed by atoms with E-state index in [0.717, 1.165) is 37.9 Å². The lowest BCUT2D eigenvalue weighted by molar-refractivity contribution is 0.0315. The van der Waals surface area contributed by atoms with Gasteiger partial charge in [0.05, 0.1) is 6.10 Å². The molecular weight excluding hydrogens is 300 g/mol. The van der Waals surface area contributed by atoms with Gasteiger partial charge in [0.2, 0.25) is 0 Å². The van der Waals surface area contributed by atoms with Crippen molar-refractivity contribution < 1.29 is 9.90 Å². The van der Waals surface area contributed by atoms with E-state index in [1.54, 1.807) is 6.07 Å². The van der Waals surface area contributed by atoms with Crippen LogP contribution in [-0.2, 0) is 0 Å². The van der Waals surface area contributed by atoms with Crippen LogP contribution < -0.4 is 0 Å². The maximum absolute atomic E-state index is 12.6. The number of aryl methyl sites for hydroxylation is 1. The minimum atomic E-state index is -0.196. The highest BCUT2D eigenvalue weighted by Crippen LogP contribution is 2.25. The third kappa shape index (κ3) is 3.14. The Labute approximate surface area is 136 Å². The second kappa shape index (κ2) is 6.57. The zero-order chi connectivity index (χ0) is 15.7. The molecule has 1 aromatic rings. The van der Waals surface area contributed by atoms with Gasteiger partial charge in [0.1, 0.15) is 0 Å². The molecule has 1 heterocycles. The van der Waals surface area contributed by atoms with Gasteiger partial charge in [0, 0.05) is 42.8 Å². The highest BCUT2D eigenvalue weighted by molar-refractivity contribution is 6.31. The SMILES string of the molecule is Cc1ccc(C(=O)N2CCN([C@H]3CCC[C@@H]3O)CC2)cc1Cl. The lowest BCUT2D eigenvalue weighted by Gasteiger charge is -2.39. The number of hydrogen-bond acceptors (Lipinski definition) is 3. The number of aliphatic hydroxyl groups is 1. The number of halogens is 1. The first-order valence-electron chi connectivity index (χ1n) is 8.04. The zero-order valence-corrected chi connectivity index (χ0v) is 13.7. The van der Waals surface area contributed by atoms with Gasteiger partial charge >= 0.3 is 0 Å². The molecule has 1 aromatic carbocycles. The Morgan fingerprint density at radius 1 is 1.23 bits per heavy atom. The van der Waals surface area contributed by atoms with Crippen LogP contribution >= 0.6 is 11.6 Å². The summed E-state index contributed by atoms with van der Waals surface area (Å²) in [5.74, 6) is 0.0496.